The SMILES string of the molecule is COc1ccc(C)cc1NC(=O)[C@H](C)OC(=O)Cc1coc2ccc3ccccc3c12. The van der Waals surface area contributed by atoms with Crippen LogP contribution in [0, 0.1) is 6.92 Å². The van der Waals surface area contributed by atoms with Gasteiger partial charge in [0, 0.05) is 10.9 Å². The standard InChI is InChI=1S/C25H23NO5/c1-15-8-10-21(29-3)20(12-15)26-25(28)16(2)31-23(27)13-18-14-30-22-11-9-17-6-4-5-7-19(17)24(18)22/h4-12,14,16H,13H2,1-3H3,(H,26,28)/t16-/m0/s1. The zero-order chi connectivity index (χ0) is 22.0. The second-order valence-corrected chi connectivity index (χ2v) is 7.42. The molecule has 0 saturated carbocycles. The molecule has 4 rings (SSSR count). The number of benzene rings is 3. The van der Waals surface area contributed by atoms with Gasteiger partial charge in [0.05, 0.1) is 25.5 Å². The van der Waals surface area contributed by atoms with Crippen molar-refractivity contribution in [3.63, 3.8) is 0 Å². The van der Waals surface area contributed by atoms with E-state index in [0.29, 0.717) is 17.0 Å². The fraction of sp³-hybridized carbons (Fsp3) is 0.200. The number of carbonyl (C=O) groups excluding carboxylic acids is 2. The van der Waals surface area contributed by atoms with Crippen molar-refractivity contribution in [2.24, 2.45) is 0 Å². The van der Waals surface area contributed by atoms with E-state index >= 15 is 0 Å². The van der Waals surface area contributed by atoms with Crippen LogP contribution in [0.5, 0.6) is 5.75 Å². The number of ether oxygens (including phenoxy) is 2. The van der Waals surface area contributed by atoms with Gasteiger partial charge in [-0.15, -0.1) is 0 Å². The van der Waals surface area contributed by atoms with Crippen LogP contribution in [-0.4, -0.2) is 25.1 Å². The Balaban J connectivity index is 1.47. The van der Waals surface area contributed by atoms with Crippen LogP contribution >= 0.6 is 0 Å². The minimum Gasteiger partial charge on any atom is -0.495 e. The van der Waals surface area contributed by atoms with Crippen molar-refractivity contribution in [3.8, 4) is 5.75 Å². The van der Waals surface area contributed by atoms with E-state index in [1.54, 1.807) is 25.3 Å². The summed E-state index contributed by atoms with van der Waals surface area (Å²) in [6, 6.07) is 17.2. The minimum absolute atomic E-state index is 0.00634. The van der Waals surface area contributed by atoms with Crippen LogP contribution in [0.2, 0.25) is 0 Å². The van der Waals surface area contributed by atoms with E-state index in [4.69, 9.17) is 13.9 Å². The smallest absolute Gasteiger partial charge is 0.311 e. The summed E-state index contributed by atoms with van der Waals surface area (Å²) in [7, 11) is 1.53. The molecule has 0 aliphatic rings. The first-order chi connectivity index (χ1) is 15.0. The topological polar surface area (TPSA) is 77.8 Å². The minimum atomic E-state index is -0.965. The molecule has 0 bridgehead atoms. The molecule has 31 heavy (non-hydrogen) atoms. The first-order valence-corrected chi connectivity index (χ1v) is 9.99. The molecule has 3 aromatic carbocycles. The molecule has 1 heterocycles. The summed E-state index contributed by atoms with van der Waals surface area (Å²) in [5.41, 5.74) is 2.94. The highest BCUT2D eigenvalue weighted by molar-refractivity contribution is 6.08. The third kappa shape index (κ3) is 4.23. The van der Waals surface area contributed by atoms with Gasteiger partial charge in [-0.3, -0.25) is 9.59 Å². The maximum atomic E-state index is 12.6. The van der Waals surface area contributed by atoms with Gasteiger partial charge in [0.15, 0.2) is 6.10 Å². The zero-order valence-electron chi connectivity index (χ0n) is 17.6. The van der Waals surface area contributed by atoms with E-state index in [1.807, 2.05) is 49.4 Å². The Kier molecular flexibility index (Phi) is 5.62. The second kappa shape index (κ2) is 8.52. The molecule has 0 aliphatic carbocycles. The van der Waals surface area contributed by atoms with Crippen LogP contribution in [0.1, 0.15) is 18.1 Å². The molecule has 0 spiro atoms. The highest BCUT2D eigenvalue weighted by atomic mass is 16.5. The summed E-state index contributed by atoms with van der Waals surface area (Å²) >= 11 is 0. The van der Waals surface area contributed by atoms with Gasteiger partial charge >= 0.3 is 5.97 Å². The quantitative estimate of drug-likeness (QED) is 0.446. The van der Waals surface area contributed by atoms with Crippen molar-refractivity contribution < 1.29 is 23.5 Å². The maximum absolute atomic E-state index is 12.6. The van der Waals surface area contributed by atoms with Gasteiger partial charge in [0.1, 0.15) is 11.3 Å². The van der Waals surface area contributed by atoms with Gasteiger partial charge in [-0.25, -0.2) is 0 Å². The number of anilines is 1. The van der Waals surface area contributed by atoms with Crippen molar-refractivity contribution in [1.82, 2.24) is 0 Å². The van der Waals surface area contributed by atoms with Crippen LogP contribution in [-0.2, 0) is 20.7 Å². The predicted molar refractivity (Wildman–Crippen MR) is 119 cm³/mol. The molecule has 1 atom stereocenters. The van der Waals surface area contributed by atoms with Crippen LogP contribution in [0.25, 0.3) is 21.7 Å². The normalized spacial score (nSPS) is 12.0. The number of rotatable bonds is 6. The number of fused-ring (bicyclic) bond motifs is 3. The fourth-order valence-corrected chi connectivity index (χ4v) is 3.61. The maximum Gasteiger partial charge on any atom is 0.311 e. The number of methoxy groups -OCH3 is 1. The van der Waals surface area contributed by atoms with E-state index in [0.717, 1.165) is 27.3 Å². The van der Waals surface area contributed by atoms with Crippen LogP contribution in [0.15, 0.2) is 65.3 Å². The molecule has 0 radical (unpaired) electrons. The lowest BCUT2D eigenvalue weighted by Gasteiger charge is -2.15. The molecule has 0 unspecified atom stereocenters. The first kappa shape index (κ1) is 20.5. The summed E-state index contributed by atoms with van der Waals surface area (Å²) < 4.78 is 16.3. The largest absolute Gasteiger partial charge is 0.495 e. The molecule has 158 valence electrons. The van der Waals surface area contributed by atoms with Gasteiger partial charge in [-0.1, -0.05) is 36.4 Å². The molecule has 4 aromatic rings. The van der Waals surface area contributed by atoms with Crippen LogP contribution < -0.4 is 10.1 Å². The zero-order valence-corrected chi connectivity index (χ0v) is 17.6. The number of aryl methyl sites for hydroxylation is 1. The van der Waals surface area contributed by atoms with Crippen LogP contribution in [0.4, 0.5) is 5.69 Å². The lowest BCUT2D eigenvalue weighted by Crippen LogP contribution is -2.30. The van der Waals surface area contributed by atoms with E-state index in [-0.39, 0.29) is 6.42 Å². The Morgan fingerprint density at radius 1 is 1.10 bits per heavy atom. The average Bonchev–Trinajstić information content (AvgIpc) is 3.17. The lowest BCUT2D eigenvalue weighted by molar-refractivity contribution is -0.152. The number of hydrogen-bond donors (Lipinski definition) is 1. The number of nitrogens with one attached hydrogen (secondary N) is 1. The van der Waals surface area contributed by atoms with Gasteiger partial charge in [0.25, 0.3) is 5.91 Å². The molecule has 6 nitrogen and oxygen atoms in total. The number of hydrogen-bond acceptors (Lipinski definition) is 5. The average molecular weight is 417 g/mol. The molecular formula is C25H23NO5. The van der Waals surface area contributed by atoms with E-state index in [2.05, 4.69) is 5.32 Å². The van der Waals surface area contributed by atoms with Gasteiger partial charge in [0.2, 0.25) is 0 Å². The van der Waals surface area contributed by atoms with Crippen molar-refractivity contribution >= 4 is 39.3 Å². The number of esters is 1. The summed E-state index contributed by atoms with van der Waals surface area (Å²) in [5, 5.41) is 5.72. The molecule has 1 amide bonds. The van der Waals surface area contributed by atoms with Gasteiger partial charge < -0.3 is 19.2 Å². The molecular weight excluding hydrogens is 394 g/mol. The molecule has 6 heteroatoms. The predicted octanol–water partition coefficient (Wildman–Crippen LogP) is 5.02. The third-order valence-electron chi connectivity index (χ3n) is 5.17. The third-order valence-corrected chi connectivity index (χ3v) is 5.17. The van der Waals surface area contributed by atoms with Crippen molar-refractivity contribution in [2.45, 2.75) is 26.4 Å². The van der Waals surface area contributed by atoms with Gasteiger partial charge in [-0.05, 0) is 48.4 Å². The summed E-state index contributed by atoms with van der Waals surface area (Å²) in [5.74, 6) is -0.400. The molecule has 1 N–H and O–H groups in total. The molecule has 0 fully saturated rings. The van der Waals surface area contributed by atoms with E-state index < -0.39 is 18.0 Å². The molecule has 0 saturated heterocycles. The molecule has 1 aromatic heterocycles. The number of furan rings is 1. The Hall–Kier alpha value is -3.80. The van der Waals surface area contributed by atoms with E-state index in [1.165, 1.54) is 7.11 Å². The highest BCUT2D eigenvalue weighted by Gasteiger charge is 2.21. The van der Waals surface area contributed by atoms with Crippen molar-refractivity contribution in [2.75, 3.05) is 12.4 Å². The number of amides is 1. The highest BCUT2D eigenvalue weighted by Crippen LogP contribution is 2.30. The summed E-state index contributed by atoms with van der Waals surface area (Å²) in [6.07, 6.45) is 0.611. The van der Waals surface area contributed by atoms with Crippen LogP contribution in [0.3, 0.4) is 0 Å². The van der Waals surface area contributed by atoms with Crippen molar-refractivity contribution in [1.29, 1.82) is 0 Å². The second-order valence-electron chi connectivity index (χ2n) is 7.42. The molecule has 0 aliphatic heterocycles. The van der Waals surface area contributed by atoms with E-state index in [9.17, 15) is 9.59 Å². The van der Waals surface area contributed by atoms with Crippen molar-refractivity contribution in [3.05, 3.63) is 72.0 Å². The Morgan fingerprint density at radius 3 is 2.71 bits per heavy atom. The lowest BCUT2D eigenvalue weighted by atomic mass is 10.0. The monoisotopic (exact) mass is 417 g/mol. The Bertz CT molecular complexity index is 1270. The fourth-order valence-electron chi connectivity index (χ4n) is 3.61. The van der Waals surface area contributed by atoms with Gasteiger partial charge in [-0.2, -0.15) is 0 Å². The Labute approximate surface area is 179 Å². The Morgan fingerprint density at radius 2 is 1.90 bits per heavy atom. The summed E-state index contributed by atoms with van der Waals surface area (Å²) in [4.78, 5) is 25.1. The number of carbonyl (C=O) groups is 2. The first-order valence-electron chi connectivity index (χ1n) is 9.99. The summed E-state index contributed by atoms with van der Waals surface area (Å²) in [6.45, 7) is 3.45.